The molecular formula is C33H59Si3Sm-. The van der Waals surface area contributed by atoms with E-state index in [1.54, 1.807) is 28.8 Å². The maximum absolute atomic E-state index is 2.65. The van der Waals surface area contributed by atoms with Crippen molar-refractivity contribution in [3.63, 3.8) is 0 Å². The second-order valence-corrected chi connectivity index (χ2v) is 30.2. The second kappa shape index (κ2) is 14.4. The topological polar surface area (TPSA) is 0 Å². The zero-order valence-electron chi connectivity index (χ0n) is 27.1. The third kappa shape index (κ3) is 10.0. The molecule has 0 bridgehead atoms. The standard InChI is InChI=1S/C26H40Si.C7H19Si2.Sm/c1-16(2)24-13-10-17(3)14-25(24)22-11-12-23(15-22)27(8,9)26-20(6)18(4)19(5)21(26)7;1-8(2,3)7-9(4,5)6;/h11-12,15-17,24-25H,10,13-14H2,1-9H3;7H,1-6H3;/q;-1;/t17-,24+,25-;;/m1../s1. The van der Waals surface area contributed by atoms with Crippen LogP contribution in [-0.4, -0.2) is 24.2 Å². The Balaban J connectivity index is 0.000000589. The van der Waals surface area contributed by atoms with E-state index in [2.05, 4.69) is 126 Å². The van der Waals surface area contributed by atoms with Crippen molar-refractivity contribution < 1.29 is 40.4 Å². The predicted octanol–water partition coefficient (Wildman–Crippen LogP) is 10.2. The van der Waals surface area contributed by atoms with Crippen LogP contribution in [0, 0.1) is 130 Å². The van der Waals surface area contributed by atoms with Crippen LogP contribution in [0.3, 0.4) is 0 Å². The van der Waals surface area contributed by atoms with E-state index in [0.717, 1.165) is 23.7 Å². The second-order valence-electron chi connectivity index (χ2n) is 15.2. The van der Waals surface area contributed by atoms with Gasteiger partial charge in [-0.05, 0) is 96.4 Å². The number of rotatable bonds is 6. The molecule has 0 spiro atoms. The molecule has 0 saturated heterocycles. The molecule has 4 heteroatoms. The smallest absolute Gasteiger partial charge is 0.0626 e. The van der Waals surface area contributed by atoms with Crippen LogP contribution in [0.2, 0.25) is 52.4 Å². The maximum Gasteiger partial charge on any atom is 0.0626 e. The Morgan fingerprint density at radius 2 is 1.24 bits per heavy atom. The number of hydrogen-bond donors (Lipinski definition) is 0. The molecule has 3 fully saturated rings. The summed E-state index contributed by atoms with van der Waals surface area (Å²) < 4.78 is 0. The molecule has 37 heavy (non-hydrogen) atoms. The molecule has 0 aromatic carbocycles. The van der Waals surface area contributed by atoms with Crippen molar-refractivity contribution in [2.75, 3.05) is 0 Å². The van der Waals surface area contributed by atoms with Gasteiger partial charge in [-0.3, -0.25) is 0 Å². The van der Waals surface area contributed by atoms with Gasteiger partial charge in [0.15, 0.2) is 0 Å². The first kappa shape index (κ1) is 37.0. The Hall–Kier alpha value is 1.99. The van der Waals surface area contributed by atoms with Crippen LogP contribution in [0.15, 0.2) is 0 Å². The van der Waals surface area contributed by atoms with Crippen molar-refractivity contribution in [2.24, 2.45) is 23.7 Å². The van der Waals surface area contributed by atoms with Gasteiger partial charge in [0.05, 0.1) is 8.07 Å². The van der Waals surface area contributed by atoms with E-state index in [0.29, 0.717) is 0 Å². The zero-order chi connectivity index (χ0) is 27.8. The Morgan fingerprint density at radius 3 is 1.65 bits per heavy atom. The van der Waals surface area contributed by atoms with E-state index < -0.39 is 24.2 Å². The Morgan fingerprint density at radius 1 is 0.757 bits per heavy atom. The molecule has 3 rings (SSSR count). The fourth-order valence-corrected chi connectivity index (χ4v) is 21.2. The Labute approximate surface area is 271 Å². The monoisotopic (exact) mass is 691 g/mol. The van der Waals surface area contributed by atoms with Gasteiger partial charge in [0.2, 0.25) is 0 Å². The summed E-state index contributed by atoms with van der Waals surface area (Å²) in [5.74, 6) is 11.0. The molecule has 0 unspecified atom stereocenters. The molecule has 3 aliphatic rings. The maximum atomic E-state index is 2.65. The van der Waals surface area contributed by atoms with E-state index in [4.69, 9.17) is 0 Å². The molecule has 10 radical (unpaired) electrons. The van der Waals surface area contributed by atoms with Crippen LogP contribution in [0.1, 0.15) is 67.7 Å². The predicted molar refractivity (Wildman–Crippen MR) is 172 cm³/mol. The summed E-state index contributed by atoms with van der Waals surface area (Å²) in [5, 5.41) is 0. The molecule has 3 aliphatic carbocycles. The molecule has 0 aromatic rings. The van der Waals surface area contributed by atoms with E-state index in [1.165, 1.54) is 31.1 Å². The van der Waals surface area contributed by atoms with Gasteiger partial charge in [0.1, 0.15) is 0 Å². The Bertz CT molecular complexity index is 650. The fraction of sp³-hybridized carbons (Fsp3) is 0.667. The quantitative estimate of drug-likeness (QED) is 0.192. The minimum atomic E-state index is -1.66. The van der Waals surface area contributed by atoms with Gasteiger partial charge in [-0.2, -0.15) is 0 Å². The van der Waals surface area contributed by atoms with Crippen LogP contribution in [0.25, 0.3) is 0 Å². The van der Waals surface area contributed by atoms with Gasteiger partial charge in [0, 0.05) is 40.4 Å². The summed E-state index contributed by atoms with van der Waals surface area (Å²) in [4.78, 5) is 0. The van der Waals surface area contributed by atoms with E-state index in [-0.39, 0.29) is 40.4 Å². The normalized spacial score (nSPS) is 29.0. The molecule has 0 nitrogen and oxygen atoms in total. The van der Waals surface area contributed by atoms with Crippen molar-refractivity contribution in [2.45, 2.75) is 120 Å². The minimum Gasteiger partial charge on any atom is -0.327 e. The summed E-state index contributed by atoms with van der Waals surface area (Å²) in [7, 11) is -3.38. The van der Waals surface area contributed by atoms with Crippen molar-refractivity contribution in [3.05, 3.63) is 65.6 Å². The van der Waals surface area contributed by atoms with E-state index >= 15 is 0 Å². The zero-order valence-corrected chi connectivity index (χ0v) is 32.8. The first-order valence-corrected chi connectivity index (χ1v) is 24.8. The van der Waals surface area contributed by atoms with Crippen LogP contribution >= 0.6 is 0 Å². The van der Waals surface area contributed by atoms with Gasteiger partial charge in [-0.25, -0.2) is 0 Å². The SMILES string of the molecule is C[C]1[C](C)[C](C)[C]([Si](C)(C)[C]2[CH][CH][C]([C@H]3C[C@H](C)CC[C@H]3C(C)C)[CH]2)[C]1C.C[Si](C)(C)[CH-][Si](C)(C)C.[Sm]. The summed E-state index contributed by atoms with van der Waals surface area (Å²) in [6.07, 6.45) is 11.8. The molecule has 0 amide bonds. The van der Waals surface area contributed by atoms with Gasteiger partial charge in [0.25, 0.3) is 0 Å². The summed E-state index contributed by atoms with van der Waals surface area (Å²) in [6, 6.07) is 0. The average Bonchev–Trinajstić information content (AvgIpc) is 3.27. The molecule has 0 N–H and O–H groups in total. The third-order valence-corrected chi connectivity index (χ3v) is 19.6. The molecule has 0 aromatic heterocycles. The number of hydrogen-bond acceptors (Lipinski definition) is 0. The first-order valence-electron chi connectivity index (χ1n) is 14.6. The van der Waals surface area contributed by atoms with Crippen LogP contribution in [-0.2, 0) is 0 Å². The van der Waals surface area contributed by atoms with Crippen molar-refractivity contribution in [3.8, 4) is 0 Å². The van der Waals surface area contributed by atoms with Crippen LogP contribution in [0.5, 0.6) is 0 Å². The summed E-state index contributed by atoms with van der Waals surface area (Å²) in [5.41, 5.74) is 5.97. The molecule has 3 saturated carbocycles. The van der Waals surface area contributed by atoms with Crippen LogP contribution in [0.4, 0.5) is 0 Å². The fourth-order valence-electron chi connectivity index (χ4n) is 7.27. The summed E-state index contributed by atoms with van der Waals surface area (Å²) >= 11 is 0. The minimum absolute atomic E-state index is 0. The summed E-state index contributed by atoms with van der Waals surface area (Å²) in [6.45, 7) is 36.2. The molecule has 0 aliphatic heterocycles. The molecule has 0 heterocycles. The van der Waals surface area contributed by atoms with Gasteiger partial charge in [-0.1, -0.05) is 107 Å². The van der Waals surface area contributed by atoms with Crippen molar-refractivity contribution in [1.29, 1.82) is 0 Å². The largest absolute Gasteiger partial charge is 0.327 e. The van der Waals surface area contributed by atoms with Gasteiger partial charge >= 0.3 is 0 Å². The van der Waals surface area contributed by atoms with Crippen LogP contribution < -0.4 is 0 Å². The van der Waals surface area contributed by atoms with E-state index in [9.17, 15) is 0 Å². The van der Waals surface area contributed by atoms with E-state index in [1.807, 2.05) is 0 Å². The first-order chi connectivity index (χ1) is 16.3. The van der Waals surface area contributed by atoms with Crippen molar-refractivity contribution in [1.82, 2.24) is 0 Å². The van der Waals surface area contributed by atoms with Gasteiger partial charge in [-0.15, -0.1) is 16.1 Å². The molecule has 3 atom stereocenters. The third-order valence-electron chi connectivity index (χ3n) is 8.88. The average molecular weight is 690 g/mol. The van der Waals surface area contributed by atoms with Gasteiger partial charge < -0.3 is 5.67 Å². The Kier molecular flexibility index (Phi) is 14.4. The van der Waals surface area contributed by atoms with Crippen molar-refractivity contribution >= 4 is 24.2 Å². The molecule has 210 valence electrons. The molecular weight excluding hydrogens is 631 g/mol.